The summed E-state index contributed by atoms with van der Waals surface area (Å²) in [6, 6.07) is 1.97. The van der Waals surface area contributed by atoms with Gasteiger partial charge in [0.15, 0.2) is 15.9 Å². The van der Waals surface area contributed by atoms with Crippen molar-refractivity contribution in [2.24, 2.45) is 0 Å². The Morgan fingerprint density at radius 2 is 1.74 bits per heavy atom. The third-order valence-corrected chi connectivity index (χ3v) is 8.97. The highest BCUT2D eigenvalue weighted by Gasteiger charge is 2.31. The molecule has 2 aromatic heterocycles. The maximum atomic E-state index is 12.9. The molecule has 0 spiro atoms. The monoisotopic (exact) mass is 600 g/mol. The fourth-order valence-corrected chi connectivity index (χ4v) is 6.14. The summed E-state index contributed by atoms with van der Waals surface area (Å²) in [5.41, 5.74) is 1.09. The minimum atomic E-state index is -3.76. The molecule has 0 aromatic carbocycles. The Balaban J connectivity index is 0.00000189. The van der Waals surface area contributed by atoms with Crippen LogP contribution in [0.2, 0.25) is 0 Å². The molecule has 0 saturated carbocycles. The molecule has 0 unspecified atom stereocenters. The molecule has 10 nitrogen and oxygen atoms in total. The molecule has 0 aliphatic carbocycles. The Kier molecular flexibility index (Phi) is 18.3. The molecule has 3 heterocycles. The van der Waals surface area contributed by atoms with E-state index in [1.54, 1.807) is 11.6 Å². The maximum absolute atomic E-state index is 12.9. The van der Waals surface area contributed by atoms with E-state index in [0.29, 0.717) is 44.4 Å². The van der Waals surface area contributed by atoms with Crippen molar-refractivity contribution in [3.8, 4) is 12.8 Å². The summed E-state index contributed by atoms with van der Waals surface area (Å²) in [4.78, 5) is 2.07. The standard InChI is InChI=1S/C19H28N6O4S3.C3H8.C2H6.C2H2/c1-13-11-16(29-15(13)3)12-21-18-17(22-31-23-18)20-5-10-30-19(14(2)26)32(27,28)25-8-6-24(4)7-9-25;1-3-2;2*1-2/h5,10-11,26H,6-9,12H2,1-4H3,(H,20,22)(H,21,23);3H2,1-2H3;1-2H3;1-2H/b10-5+,19-14-;;;. The normalized spacial score (nSPS) is 14.6. The molecule has 1 saturated heterocycles. The Morgan fingerprint density at radius 3 is 2.26 bits per heavy atom. The number of nitrogens with one attached hydrogen (secondary N) is 2. The maximum Gasteiger partial charge on any atom is 0.252 e. The van der Waals surface area contributed by atoms with Crippen molar-refractivity contribution in [1.29, 1.82) is 0 Å². The highest BCUT2D eigenvalue weighted by atomic mass is 32.3. The fourth-order valence-electron chi connectivity index (χ4n) is 2.99. The third kappa shape index (κ3) is 12.0. The number of hydrogen-bond donors (Lipinski definition) is 3. The van der Waals surface area contributed by atoms with Crippen LogP contribution in [0.25, 0.3) is 0 Å². The van der Waals surface area contributed by atoms with Crippen molar-refractivity contribution in [3.63, 3.8) is 0 Å². The van der Waals surface area contributed by atoms with Gasteiger partial charge in [-0.2, -0.15) is 13.1 Å². The van der Waals surface area contributed by atoms with Crippen LogP contribution < -0.4 is 10.6 Å². The van der Waals surface area contributed by atoms with E-state index >= 15 is 0 Å². The van der Waals surface area contributed by atoms with Crippen molar-refractivity contribution >= 4 is 45.1 Å². The number of aliphatic hydroxyl groups is 1. The summed E-state index contributed by atoms with van der Waals surface area (Å²) in [6.45, 7) is 16.1. The largest absolute Gasteiger partial charge is 0.511 e. The summed E-state index contributed by atoms with van der Waals surface area (Å²) in [7, 11) is -1.81. The number of furan rings is 1. The number of anilines is 2. The summed E-state index contributed by atoms with van der Waals surface area (Å²) < 4.78 is 41.3. The molecular weight excluding hydrogens is 557 g/mol. The van der Waals surface area contributed by atoms with Gasteiger partial charge in [0, 0.05) is 32.4 Å². The molecule has 2 aromatic rings. The topological polar surface area (TPSA) is 124 Å². The number of terminal acetylenes is 1. The van der Waals surface area contributed by atoms with E-state index in [-0.39, 0.29) is 10.00 Å². The van der Waals surface area contributed by atoms with Crippen molar-refractivity contribution < 1.29 is 17.9 Å². The molecule has 13 heteroatoms. The Morgan fingerprint density at radius 1 is 1.18 bits per heavy atom. The number of likely N-dealkylation sites (N-methyl/N-ethyl adjacent to an activating group) is 1. The van der Waals surface area contributed by atoms with E-state index in [0.717, 1.165) is 40.6 Å². The van der Waals surface area contributed by atoms with E-state index in [1.807, 2.05) is 40.8 Å². The second-order valence-corrected chi connectivity index (χ2v) is 11.7. The quantitative estimate of drug-likeness (QED) is 0.233. The summed E-state index contributed by atoms with van der Waals surface area (Å²) in [5.74, 6) is 2.52. The molecule has 1 fully saturated rings. The lowest BCUT2D eigenvalue weighted by molar-refractivity contribution is 0.223. The first-order valence-electron chi connectivity index (χ1n) is 12.7. The SMILES string of the molecule is C#C.C/C(O)=C(\S/C=C/Nc1nsnc1NCc1cc(C)c(C)o1)S(=O)(=O)N1CCN(C)CC1.CC.CCC. The second kappa shape index (κ2) is 19.5. The van der Waals surface area contributed by atoms with E-state index in [2.05, 4.69) is 51.0 Å². The van der Waals surface area contributed by atoms with Gasteiger partial charge < -0.3 is 25.1 Å². The van der Waals surface area contributed by atoms with Gasteiger partial charge >= 0.3 is 0 Å². The molecule has 39 heavy (non-hydrogen) atoms. The number of nitrogens with zero attached hydrogens (tertiary/aromatic N) is 4. The number of thioether (sulfide) groups is 1. The summed E-state index contributed by atoms with van der Waals surface area (Å²) >= 11 is 1.99. The first kappa shape index (κ1) is 36.5. The lowest BCUT2D eigenvalue weighted by atomic mass is 10.3. The Hall–Kier alpha value is -2.50. The van der Waals surface area contributed by atoms with E-state index in [1.165, 1.54) is 17.6 Å². The van der Waals surface area contributed by atoms with Crippen LogP contribution in [0.5, 0.6) is 0 Å². The van der Waals surface area contributed by atoms with Gasteiger partial charge in [-0.3, -0.25) is 0 Å². The van der Waals surface area contributed by atoms with Crippen molar-refractivity contribution in [1.82, 2.24) is 18.0 Å². The van der Waals surface area contributed by atoms with Crippen LogP contribution in [-0.2, 0) is 16.6 Å². The molecule has 0 radical (unpaired) electrons. The van der Waals surface area contributed by atoms with Gasteiger partial charge in [-0.05, 0) is 44.9 Å². The number of aryl methyl sites for hydroxylation is 2. The molecule has 3 N–H and O–H groups in total. The molecule has 220 valence electrons. The Bertz CT molecular complexity index is 1120. The van der Waals surface area contributed by atoms with Crippen LogP contribution in [0.3, 0.4) is 0 Å². The van der Waals surface area contributed by atoms with Crippen LogP contribution in [0.15, 0.2) is 32.1 Å². The van der Waals surface area contributed by atoms with Crippen LogP contribution >= 0.6 is 23.5 Å². The van der Waals surface area contributed by atoms with Gasteiger partial charge in [0.25, 0.3) is 10.0 Å². The van der Waals surface area contributed by atoms with Gasteiger partial charge in [0.1, 0.15) is 17.3 Å². The predicted molar refractivity (Wildman–Crippen MR) is 166 cm³/mol. The second-order valence-electron chi connectivity index (χ2n) is 8.12. The zero-order valence-electron chi connectivity index (χ0n) is 24.3. The fraction of sp³-hybridized carbons (Fsp3) is 0.538. The molecule has 1 aliphatic heterocycles. The van der Waals surface area contributed by atoms with Crippen molar-refractivity contribution in [2.45, 2.75) is 61.4 Å². The number of rotatable bonds is 9. The zero-order chi connectivity index (χ0) is 30.0. The molecule has 3 rings (SSSR count). The summed E-state index contributed by atoms with van der Waals surface area (Å²) in [6.07, 6.45) is 10.8. The predicted octanol–water partition coefficient (Wildman–Crippen LogP) is 5.99. The minimum Gasteiger partial charge on any atom is -0.511 e. The van der Waals surface area contributed by atoms with Gasteiger partial charge in [-0.15, -0.1) is 12.8 Å². The molecule has 0 amide bonds. The lowest BCUT2D eigenvalue weighted by Gasteiger charge is -2.31. The lowest BCUT2D eigenvalue weighted by Crippen LogP contribution is -2.47. The van der Waals surface area contributed by atoms with Crippen LogP contribution in [0, 0.1) is 26.7 Å². The number of aromatic nitrogens is 2. The number of sulfonamides is 1. The number of allylic oxidation sites excluding steroid dienone is 1. The van der Waals surface area contributed by atoms with E-state index in [9.17, 15) is 13.5 Å². The number of hydrogen-bond acceptors (Lipinski definition) is 11. The van der Waals surface area contributed by atoms with Gasteiger partial charge in [0.2, 0.25) is 0 Å². The van der Waals surface area contributed by atoms with Gasteiger partial charge in [-0.1, -0.05) is 45.9 Å². The third-order valence-electron chi connectivity index (χ3n) is 4.93. The molecule has 0 atom stereocenters. The number of piperazine rings is 1. The van der Waals surface area contributed by atoms with E-state index < -0.39 is 10.0 Å². The van der Waals surface area contributed by atoms with Crippen molar-refractivity contribution in [3.05, 3.63) is 44.8 Å². The smallest absolute Gasteiger partial charge is 0.252 e. The van der Waals surface area contributed by atoms with Crippen LogP contribution in [-0.4, -0.2) is 64.7 Å². The first-order valence-corrected chi connectivity index (χ1v) is 15.8. The highest BCUT2D eigenvalue weighted by molar-refractivity contribution is 8.19. The van der Waals surface area contributed by atoms with Crippen LogP contribution in [0.4, 0.5) is 11.6 Å². The highest BCUT2D eigenvalue weighted by Crippen LogP contribution is 2.30. The van der Waals surface area contributed by atoms with Gasteiger partial charge in [0.05, 0.1) is 18.3 Å². The molecule has 1 aliphatic rings. The Labute approximate surface area is 243 Å². The van der Waals surface area contributed by atoms with Gasteiger partial charge in [-0.25, -0.2) is 8.42 Å². The molecule has 0 bridgehead atoms. The number of aliphatic hydroxyl groups excluding tert-OH is 1. The average molecular weight is 601 g/mol. The van der Waals surface area contributed by atoms with E-state index in [4.69, 9.17) is 4.42 Å². The zero-order valence-corrected chi connectivity index (χ0v) is 26.8. The molecular formula is C26H44N6O4S3. The first-order chi connectivity index (χ1) is 18.6. The summed E-state index contributed by atoms with van der Waals surface area (Å²) in [5, 5.41) is 17.7. The van der Waals surface area contributed by atoms with Crippen LogP contribution in [0.1, 0.15) is 58.1 Å². The van der Waals surface area contributed by atoms with Crippen molar-refractivity contribution in [2.75, 3.05) is 43.9 Å². The minimum absolute atomic E-state index is 0.0848. The average Bonchev–Trinajstić information content (AvgIpc) is 3.50.